The fourth-order valence-corrected chi connectivity index (χ4v) is 8.58. The van der Waals surface area contributed by atoms with E-state index in [1.807, 2.05) is 0 Å². The van der Waals surface area contributed by atoms with Crippen LogP contribution < -0.4 is 0 Å². The summed E-state index contributed by atoms with van der Waals surface area (Å²) in [4.78, 5) is 48.5. The number of phosphoric acid groups is 1. The molecular weight excluding hydrogens is 928 g/mol. The number of phosphoric ester groups is 1. The van der Waals surface area contributed by atoms with Gasteiger partial charge in [0.05, 0.1) is 19.8 Å². The topological polar surface area (TPSA) is 155 Å². The van der Waals surface area contributed by atoms with E-state index in [0.29, 0.717) is 19.3 Å². The van der Waals surface area contributed by atoms with Crippen LogP contribution in [0.15, 0.2) is 72.9 Å². The van der Waals surface area contributed by atoms with E-state index in [1.165, 1.54) is 77.0 Å². The van der Waals surface area contributed by atoms with Crippen LogP contribution in [0.25, 0.3) is 0 Å². The van der Waals surface area contributed by atoms with Gasteiger partial charge in [-0.05, 0) is 83.5 Å². The molecule has 0 aliphatic carbocycles. The third kappa shape index (κ3) is 51.8. The van der Waals surface area contributed by atoms with Gasteiger partial charge in [-0.2, -0.15) is 0 Å². The predicted octanol–water partition coefficient (Wildman–Crippen LogP) is 16.9. The van der Waals surface area contributed by atoms with Crippen LogP contribution in [-0.2, 0) is 42.2 Å². The maximum atomic E-state index is 12.9. The summed E-state index contributed by atoms with van der Waals surface area (Å²) < 4.78 is 39.5. The van der Waals surface area contributed by atoms with Crippen molar-refractivity contribution in [2.45, 2.75) is 264 Å². The summed E-state index contributed by atoms with van der Waals surface area (Å²) in [7, 11) is -4.76. The molecule has 0 aromatic heterocycles. The minimum absolute atomic E-state index is 0.140. The molecule has 72 heavy (non-hydrogen) atoms. The van der Waals surface area contributed by atoms with Gasteiger partial charge in [0.25, 0.3) is 0 Å². The zero-order valence-corrected chi connectivity index (χ0v) is 46.8. The van der Waals surface area contributed by atoms with E-state index in [-0.39, 0.29) is 25.9 Å². The van der Waals surface area contributed by atoms with Crippen LogP contribution in [0.3, 0.4) is 0 Å². The van der Waals surface area contributed by atoms with Gasteiger partial charge in [0.15, 0.2) is 6.10 Å². The summed E-state index contributed by atoms with van der Waals surface area (Å²) in [5.74, 6) is -1.50. The highest BCUT2D eigenvalue weighted by atomic mass is 31.2. The second-order valence-electron chi connectivity index (χ2n) is 19.0. The molecule has 416 valence electrons. The molecule has 0 saturated heterocycles. The molecule has 0 aliphatic rings. The van der Waals surface area contributed by atoms with E-state index >= 15 is 0 Å². The van der Waals surface area contributed by atoms with Crippen LogP contribution in [0.1, 0.15) is 252 Å². The van der Waals surface area contributed by atoms with Crippen LogP contribution in [0.4, 0.5) is 0 Å². The number of allylic oxidation sites excluding steroid dienone is 12. The van der Waals surface area contributed by atoms with Crippen molar-refractivity contribution in [2.24, 2.45) is 0 Å². The molecule has 12 heteroatoms. The number of hydrogen-bond donors (Lipinski definition) is 2. The van der Waals surface area contributed by atoms with Crippen molar-refractivity contribution in [1.29, 1.82) is 0 Å². The molecular formula is C60H105O11P. The number of carbonyl (C=O) groups excluding carboxylic acids is 3. The summed E-state index contributed by atoms with van der Waals surface area (Å²) in [6.07, 6.45) is 60.0. The van der Waals surface area contributed by atoms with E-state index in [9.17, 15) is 28.9 Å². The maximum absolute atomic E-state index is 12.9. The molecule has 0 amide bonds. The number of hydrogen-bond acceptors (Lipinski definition) is 10. The van der Waals surface area contributed by atoms with E-state index < -0.39 is 57.8 Å². The average molecular weight is 1030 g/mol. The van der Waals surface area contributed by atoms with Crippen molar-refractivity contribution in [3.8, 4) is 0 Å². The van der Waals surface area contributed by atoms with Crippen LogP contribution in [0.2, 0.25) is 0 Å². The van der Waals surface area contributed by atoms with Crippen molar-refractivity contribution in [2.75, 3.05) is 26.4 Å². The lowest BCUT2D eigenvalue weighted by Crippen LogP contribution is -2.30. The molecule has 2 N–H and O–H groups in total. The van der Waals surface area contributed by atoms with Gasteiger partial charge in [-0.25, -0.2) is 4.57 Å². The first-order valence-corrected chi connectivity index (χ1v) is 30.3. The number of aliphatic hydroxyl groups excluding tert-OH is 1. The van der Waals surface area contributed by atoms with Crippen LogP contribution >= 0.6 is 7.82 Å². The minimum atomic E-state index is -4.76. The van der Waals surface area contributed by atoms with Crippen molar-refractivity contribution >= 4 is 25.7 Å². The van der Waals surface area contributed by atoms with Gasteiger partial charge >= 0.3 is 25.7 Å². The van der Waals surface area contributed by atoms with Gasteiger partial charge < -0.3 is 24.2 Å². The number of carbonyl (C=O) groups is 3. The van der Waals surface area contributed by atoms with Crippen molar-refractivity contribution in [1.82, 2.24) is 0 Å². The number of ether oxygens (including phenoxy) is 3. The predicted molar refractivity (Wildman–Crippen MR) is 298 cm³/mol. The average Bonchev–Trinajstić information content (AvgIpc) is 3.37. The normalized spacial score (nSPS) is 13.9. The number of unbranched alkanes of at least 4 members (excludes halogenated alkanes) is 24. The highest BCUT2D eigenvalue weighted by Gasteiger charge is 2.28. The van der Waals surface area contributed by atoms with Gasteiger partial charge in [0, 0.05) is 19.3 Å². The minimum Gasteiger partial charge on any atom is -0.462 e. The highest BCUT2D eigenvalue weighted by molar-refractivity contribution is 7.47. The monoisotopic (exact) mass is 1030 g/mol. The molecule has 0 spiro atoms. The van der Waals surface area contributed by atoms with Gasteiger partial charge in [0.2, 0.25) is 0 Å². The van der Waals surface area contributed by atoms with Crippen molar-refractivity contribution < 1.29 is 52.2 Å². The molecule has 0 radical (unpaired) electrons. The molecule has 3 unspecified atom stereocenters. The van der Waals surface area contributed by atoms with Crippen molar-refractivity contribution in [3.63, 3.8) is 0 Å². The van der Waals surface area contributed by atoms with E-state index in [4.69, 9.17) is 23.3 Å². The Morgan fingerprint density at radius 1 is 0.403 bits per heavy atom. The summed E-state index contributed by atoms with van der Waals surface area (Å²) in [5.41, 5.74) is 0. The Kier molecular flexibility index (Phi) is 51.9. The summed E-state index contributed by atoms with van der Waals surface area (Å²) in [6.45, 7) is 4.39. The Bertz CT molecular complexity index is 1490. The Hall–Kier alpha value is -3.08. The first-order chi connectivity index (χ1) is 35.2. The second-order valence-corrected chi connectivity index (χ2v) is 20.5. The van der Waals surface area contributed by atoms with Crippen LogP contribution in [0.5, 0.6) is 0 Å². The fraction of sp³-hybridized carbons (Fsp3) is 0.750. The molecule has 11 nitrogen and oxygen atoms in total. The molecule has 0 saturated carbocycles. The third-order valence-electron chi connectivity index (χ3n) is 12.1. The zero-order valence-electron chi connectivity index (χ0n) is 45.9. The molecule has 0 aliphatic heterocycles. The van der Waals surface area contributed by atoms with Crippen LogP contribution in [0, 0.1) is 0 Å². The molecule has 0 fully saturated rings. The molecule has 3 atom stereocenters. The largest absolute Gasteiger partial charge is 0.472 e. The molecule has 0 heterocycles. The Labute approximate surface area is 439 Å². The van der Waals surface area contributed by atoms with Crippen LogP contribution in [-0.4, -0.2) is 66.5 Å². The smallest absolute Gasteiger partial charge is 0.462 e. The number of aliphatic hydroxyl groups is 1. The lowest BCUT2D eigenvalue weighted by atomic mass is 10.0. The van der Waals surface area contributed by atoms with Gasteiger partial charge in [-0.3, -0.25) is 23.4 Å². The highest BCUT2D eigenvalue weighted by Crippen LogP contribution is 2.43. The lowest BCUT2D eigenvalue weighted by Gasteiger charge is -2.21. The Morgan fingerprint density at radius 3 is 1.12 bits per heavy atom. The lowest BCUT2D eigenvalue weighted by molar-refractivity contribution is -0.161. The molecule has 0 aromatic rings. The maximum Gasteiger partial charge on any atom is 0.472 e. The Morgan fingerprint density at radius 2 is 0.722 bits per heavy atom. The molecule has 0 aromatic carbocycles. The van der Waals surface area contributed by atoms with E-state index in [1.54, 1.807) is 0 Å². The first-order valence-electron chi connectivity index (χ1n) is 28.8. The SMILES string of the molecule is CC/C=C\C/C=C\C/C=C\CCCCCCCCCC(=O)OC(COC(=O)CCCCCCCCCCCCCCCCC)COP(=O)(O)OCC(CO)OC(=O)CCCCC/C=C\C/C=C\C/C=C\CC. The standard InChI is InChI=1S/C60H105O11P/c1-4-7-10-13-16-19-22-25-27-28-30-33-36-39-42-45-48-51-60(64)71-57(53-67-58(62)49-46-43-40-37-34-32-29-26-23-20-17-14-11-8-5-2)55-69-72(65,66)68-54-56(52-61)70-59(63)50-47-44-41-38-35-31-24-21-18-15-12-9-6-3/h7,9-10,12,16,18-19,21,25,27,31,35,56-57,61H,4-6,8,11,13-15,17,20,22-24,26,28-30,32-34,36-55H2,1-3H3,(H,65,66)/b10-7-,12-9-,19-16-,21-18-,27-25-,35-31-. The Balaban J connectivity index is 4.76. The van der Waals surface area contributed by atoms with E-state index in [2.05, 4.69) is 93.7 Å². The molecule has 0 rings (SSSR count). The summed E-state index contributed by atoms with van der Waals surface area (Å²) in [5, 5.41) is 9.80. The number of rotatable bonds is 53. The quantitative estimate of drug-likeness (QED) is 0.0197. The third-order valence-corrected chi connectivity index (χ3v) is 13.1. The van der Waals surface area contributed by atoms with Gasteiger partial charge in [-0.1, -0.05) is 222 Å². The van der Waals surface area contributed by atoms with E-state index in [0.717, 1.165) is 116 Å². The summed E-state index contributed by atoms with van der Waals surface area (Å²) in [6, 6.07) is 0. The molecule has 0 bridgehead atoms. The number of esters is 3. The summed E-state index contributed by atoms with van der Waals surface area (Å²) >= 11 is 0. The second kappa shape index (κ2) is 54.2. The zero-order chi connectivity index (χ0) is 52.7. The first kappa shape index (κ1) is 68.9. The van der Waals surface area contributed by atoms with Crippen molar-refractivity contribution in [3.05, 3.63) is 72.9 Å². The van der Waals surface area contributed by atoms with Gasteiger partial charge in [0.1, 0.15) is 12.7 Å². The fourth-order valence-electron chi connectivity index (χ4n) is 7.80. The van der Waals surface area contributed by atoms with Gasteiger partial charge in [-0.15, -0.1) is 0 Å².